The van der Waals surface area contributed by atoms with E-state index in [0.29, 0.717) is 12.6 Å². The highest BCUT2D eigenvalue weighted by molar-refractivity contribution is 7.09. The number of methoxy groups -OCH3 is 1. The third-order valence-corrected chi connectivity index (χ3v) is 5.54. The highest BCUT2D eigenvalue weighted by Gasteiger charge is 2.32. The molecule has 0 amide bonds. The summed E-state index contributed by atoms with van der Waals surface area (Å²) >= 11 is 1.70. The SMILES string of the molecule is COc1cc(CNCC(C2CC2)N(C)C)ccc1OCc1cccs1. The molecule has 1 aromatic heterocycles. The normalized spacial score (nSPS) is 15.4. The van der Waals surface area contributed by atoms with Gasteiger partial charge < -0.3 is 19.7 Å². The maximum atomic E-state index is 5.90. The van der Waals surface area contributed by atoms with E-state index in [1.54, 1.807) is 18.4 Å². The van der Waals surface area contributed by atoms with Gasteiger partial charge in [0.25, 0.3) is 0 Å². The monoisotopic (exact) mass is 360 g/mol. The van der Waals surface area contributed by atoms with Gasteiger partial charge in [0.1, 0.15) is 6.61 Å². The van der Waals surface area contributed by atoms with Crippen LogP contribution in [-0.2, 0) is 13.2 Å². The van der Waals surface area contributed by atoms with Gasteiger partial charge in [0.05, 0.1) is 7.11 Å². The molecule has 3 rings (SSSR count). The molecule has 1 saturated carbocycles. The highest BCUT2D eigenvalue weighted by Crippen LogP contribution is 2.34. The Morgan fingerprint density at radius 1 is 1.24 bits per heavy atom. The Morgan fingerprint density at radius 2 is 2.08 bits per heavy atom. The minimum absolute atomic E-state index is 0.581. The fourth-order valence-corrected chi connectivity index (χ4v) is 3.72. The summed E-state index contributed by atoms with van der Waals surface area (Å²) in [5.74, 6) is 2.45. The average molecular weight is 361 g/mol. The van der Waals surface area contributed by atoms with Gasteiger partial charge in [-0.1, -0.05) is 12.1 Å². The Morgan fingerprint density at radius 3 is 2.72 bits per heavy atom. The van der Waals surface area contributed by atoms with E-state index in [1.807, 2.05) is 12.1 Å². The molecule has 4 nitrogen and oxygen atoms in total. The lowest BCUT2D eigenvalue weighted by atomic mass is 10.1. The zero-order valence-electron chi connectivity index (χ0n) is 15.3. The van der Waals surface area contributed by atoms with E-state index in [4.69, 9.17) is 9.47 Å². The second kappa shape index (κ2) is 8.70. The minimum Gasteiger partial charge on any atom is -0.493 e. The number of thiophene rings is 1. The summed E-state index contributed by atoms with van der Waals surface area (Å²) in [4.78, 5) is 3.55. The van der Waals surface area contributed by atoms with E-state index in [9.17, 15) is 0 Å². The van der Waals surface area contributed by atoms with E-state index >= 15 is 0 Å². The predicted molar refractivity (Wildman–Crippen MR) is 104 cm³/mol. The van der Waals surface area contributed by atoms with E-state index in [1.165, 1.54) is 23.3 Å². The van der Waals surface area contributed by atoms with Gasteiger partial charge in [-0.15, -0.1) is 11.3 Å². The molecule has 0 spiro atoms. The van der Waals surface area contributed by atoms with Gasteiger partial charge >= 0.3 is 0 Å². The van der Waals surface area contributed by atoms with Gasteiger partial charge in [-0.05, 0) is 62.0 Å². The molecule has 1 aliphatic carbocycles. The molecule has 1 N–H and O–H groups in total. The van der Waals surface area contributed by atoms with Crippen LogP contribution in [0, 0.1) is 5.92 Å². The molecule has 1 fully saturated rings. The first kappa shape index (κ1) is 18.2. The van der Waals surface area contributed by atoms with Crippen LogP contribution in [0.1, 0.15) is 23.3 Å². The molecule has 0 radical (unpaired) electrons. The number of nitrogens with one attached hydrogen (secondary N) is 1. The molecule has 1 atom stereocenters. The van der Waals surface area contributed by atoms with Crippen molar-refractivity contribution in [3.63, 3.8) is 0 Å². The minimum atomic E-state index is 0.581. The first-order valence-corrected chi connectivity index (χ1v) is 9.74. The quantitative estimate of drug-likeness (QED) is 0.699. The summed E-state index contributed by atoms with van der Waals surface area (Å²) < 4.78 is 11.4. The molecule has 1 heterocycles. The van der Waals surface area contributed by atoms with Crippen LogP contribution >= 0.6 is 11.3 Å². The first-order chi connectivity index (χ1) is 12.2. The summed E-state index contributed by atoms with van der Waals surface area (Å²) in [5.41, 5.74) is 1.22. The Kier molecular flexibility index (Phi) is 6.34. The number of nitrogens with zero attached hydrogens (tertiary/aromatic N) is 1. The van der Waals surface area contributed by atoms with Crippen LogP contribution in [0.25, 0.3) is 0 Å². The van der Waals surface area contributed by atoms with Gasteiger partial charge in [-0.3, -0.25) is 0 Å². The van der Waals surface area contributed by atoms with Crippen LogP contribution in [0.2, 0.25) is 0 Å². The first-order valence-electron chi connectivity index (χ1n) is 8.86. The molecule has 2 aromatic rings. The molecule has 0 saturated heterocycles. The summed E-state index contributed by atoms with van der Waals surface area (Å²) in [6, 6.07) is 10.9. The van der Waals surface area contributed by atoms with E-state index in [-0.39, 0.29) is 0 Å². The van der Waals surface area contributed by atoms with Crippen molar-refractivity contribution in [2.45, 2.75) is 32.0 Å². The third kappa shape index (κ3) is 5.21. The Hall–Kier alpha value is -1.56. The van der Waals surface area contributed by atoms with Gasteiger partial charge in [-0.25, -0.2) is 0 Å². The van der Waals surface area contributed by atoms with Crippen molar-refractivity contribution >= 4 is 11.3 Å². The van der Waals surface area contributed by atoms with E-state index < -0.39 is 0 Å². The molecule has 0 aliphatic heterocycles. The average Bonchev–Trinajstić information content (AvgIpc) is 3.31. The molecule has 25 heavy (non-hydrogen) atoms. The Labute approximate surface area is 154 Å². The van der Waals surface area contributed by atoms with Crippen molar-refractivity contribution in [2.75, 3.05) is 27.7 Å². The topological polar surface area (TPSA) is 33.7 Å². The summed E-state index contributed by atoms with van der Waals surface area (Å²) in [6.07, 6.45) is 2.74. The predicted octanol–water partition coefficient (Wildman–Crippen LogP) is 3.77. The fourth-order valence-electron chi connectivity index (χ4n) is 3.10. The highest BCUT2D eigenvalue weighted by atomic mass is 32.1. The summed E-state index contributed by atoms with van der Waals surface area (Å²) in [6.45, 7) is 2.45. The van der Waals surface area contributed by atoms with Crippen LogP contribution in [0.3, 0.4) is 0 Å². The molecular formula is C20H28N2O2S. The summed E-state index contributed by atoms with van der Waals surface area (Å²) in [5, 5.41) is 5.66. The molecule has 136 valence electrons. The second-order valence-electron chi connectivity index (χ2n) is 6.85. The molecule has 1 aliphatic rings. The molecular weight excluding hydrogens is 332 g/mol. The third-order valence-electron chi connectivity index (χ3n) is 4.69. The largest absolute Gasteiger partial charge is 0.493 e. The van der Waals surface area contributed by atoms with Gasteiger partial charge in [-0.2, -0.15) is 0 Å². The number of hydrogen-bond acceptors (Lipinski definition) is 5. The van der Waals surface area contributed by atoms with Crippen LogP contribution in [0.4, 0.5) is 0 Å². The lowest BCUT2D eigenvalue weighted by molar-refractivity contribution is 0.255. The van der Waals surface area contributed by atoms with Crippen LogP contribution in [0.15, 0.2) is 35.7 Å². The molecule has 1 unspecified atom stereocenters. The van der Waals surface area contributed by atoms with Crippen molar-refractivity contribution in [1.29, 1.82) is 0 Å². The second-order valence-corrected chi connectivity index (χ2v) is 7.88. The smallest absolute Gasteiger partial charge is 0.161 e. The number of hydrogen-bond donors (Lipinski definition) is 1. The van der Waals surface area contributed by atoms with E-state index in [2.05, 4.69) is 47.9 Å². The fraction of sp³-hybridized carbons (Fsp3) is 0.500. The van der Waals surface area contributed by atoms with E-state index in [0.717, 1.165) is 30.5 Å². The maximum Gasteiger partial charge on any atom is 0.161 e. The van der Waals surface area contributed by atoms with Crippen molar-refractivity contribution < 1.29 is 9.47 Å². The van der Waals surface area contributed by atoms with Crippen molar-refractivity contribution in [1.82, 2.24) is 10.2 Å². The summed E-state index contributed by atoms with van der Waals surface area (Å²) in [7, 11) is 6.04. The number of rotatable bonds is 10. The standard InChI is InChI=1S/C20H28N2O2S/c1-22(2)18(16-7-8-16)13-21-12-15-6-9-19(20(11-15)23-3)24-14-17-5-4-10-25-17/h4-6,9-11,16,18,21H,7-8,12-14H2,1-3H3. The molecule has 0 bridgehead atoms. The molecule has 5 heteroatoms. The van der Waals surface area contributed by atoms with Gasteiger partial charge in [0.15, 0.2) is 11.5 Å². The van der Waals surface area contributed by atoms with Crippen LogP contribution in [0.5, 0.6) is 11.5 Å². The lowest BCUT2D eigenvalue weighted by Crippen LogP contribution is -2.39. The van der Waals surface area contributed by atoms with Gasteiger partial charge in [0, 0.05) is 24.0 Å². The van der Waals surface area contributed by atoms with Crippen molar-refractivity contribution in [3.8, 4) is 11.5 Å². The number of likely N-dealkylation sites (N-methyl/N-ethyl adjacent to an activating group) is 1. The van der Waals surface area contributed by atoms with Crippen molar-refractivity contribution in [3.05, 3.63) is 46.2 Å². The van der Waals surface area contributed by atoms with Gasteiger partial charge in [0.2, 0.25) is 0 Å². The number of benzene rings is 1. The Bertz CT molecular complexity index is 652. The zero-order chi connectivity index (χ0) is 17.6. The maximum absolute atomic E-state index is 5.90. The zero-order valence-corrected chi connectivity index (χ0v) is 16.1. The molecule has 1 aromatic carbocycles. The van der Waals surface area contributed by atoms with Crippen LogP contribution < -0.4 is 14.8 Å². The van der Waals surface area contributed by atoms with Crippen LogP contribution in [-0.4, -0.2) is 38.7 Å². The lowest BCUT2D eigenvalue weighted by Gasteiger charge is -2.24. The number of ether oxygens (including phenoxy) is 2. The Balaban J connectivity index is 1.53. The van der Waals surface area contributed by atoms with Crippen molar-refractivity contribution in [2.24, 2.45) is 5.92 Å².